The van der Waals surface area contributed by atoms with Crippen LogP contribution in [0.3, 0.4) is 0 Å². The van der Waals surface area contributed by atoms with Gasteiger partial charge in [-0.2, -0.15) is 0 Å². The molecule has 3 N–H and O–H groups in total. The summed E-state index contributed by atoms with van der Waals surface area (Å²) in [4.78, 5) is 15.6. The number of hydrogen-bond acceptors (Lipinski definition) is 4. The molecule has 0 radical (unpaired) electrons. The average molecular weight is 279 g/mol. The number of hydrogen-bond donors (Lipinski definition) is 2. The van der Waals surface area contributed by atoms with Crippen LogP contribution >= 0.6 is 0 Å². The second-order valence-corrected chi connectivity index (χ2v) is 5.27. The summed E-state index contributed by atoms with van der Waals surface area (Å²) in [5.74, 6) is -0.975. The van der Waals surface area contributed by atoms with Gasteiger partial charge in [0.1, 0.15) is 0 Å². The second-order valence-electron chi connectivity index (χ2n) is 5.27. The Bertz CT molecular complexity index is 472. The average Bonchev–Trinajstić information content (AvgIpc) is 2.37. The van der Waals surface area contributed by atoms with Crippen LogP contribution in [-0.4, -0.2) is 49.7 Å². The molecule has 0 atom stereocenters. The lowest BCUT2D eigenvalue weighted by molar-refractivity contribution is 0.0698. The highest BCUT2D eigenvalue weighted by atomic mass is 16.4. The lowest BCUT2D eigenvalue weighted by Crippen LogP contribution is -2.27. The number of carboxylic acid groups (broad SMARTS) is 1. The zero-order valence-electron chi connectivity index (χ0n) is 12.8. The largest absolute Gasteiger partial charge is 0.478 e. The summed E-state index contributed by atoms with van der Waals surface area (Å²) in [5.41, 5.74) is 8.10. The molecular formula is C15H25N3O2. The van der Waals surface area contributed by atoms with E-state index >= 15 is 0 Å². The molecule has 0 spiro atoms. The third-order valence-corrected chi connectivity index (χ3v) is 3.38. The van der Waals surface area contributed by atoms with Crippen LogP contribution in [0.5, 0.6) is 0 Å². The Kier molecular flexibility index (Phi) is 5.82. The van der Waals surface area contributed by atoms with E-state index in [2.05, 4.69) is 16.7 Å². The van der Waals surface area contributed by atoms with E-state index in [0.717, 1.165) is 37.3 Å². The van der Waals surface area contributed by atoms with Crippen LogP contribution in [0.4, 0.5) is 11.4 Å². The van der Waals surface area contributed by atoms with Gasteiger partial charge < -0.3 is 20.6 Å². The maximum atomic E-state index is 11.2. The third-order valence-electron chi connectivity index (χ3n) is 3.38. The molecule has 0 fully saturated rings. The Hall–Kier alpha value is -1.75. The molecule has 0 saturated carbocycles. The van der Waals surface area contributed by atoms with Crippen molar-refractivity contribution in [2.45, 2.75) is 20.3 Å². The topological polar surface area (TPSA) is 69.8 Å². The highest BCUT2D eigenvalue weighted by molar-refractivity contribution is 5.95. The van der Waals surface area contributed by atoms with E-state index in [9.17, 15) is 9.90 Å². The van der Waals surface area contributed by atoms with Crippen molar-refractivity contribution in [1.29, 1.82) is 0 Å². The Morgan fingerprint density at radius 2 is 1.95 bits per heavy atom. The Morgan fingerprint density at radius 1 is 1.30 bits per heavy atom. The molecule has 0 aliphatic heterocycles. The Morgan fingerprint density at radius 3 is 2.45 bits per heavy atom. The normalized spacial score (nSPS) is 10.8. The number of aromatic carboxylic acids is 1. The summed E-state index contributed by atoms with van der Waals surface area (Å²) in [7, 11) is 4.10. The van der Waals surface area contributed by atoms with Crippen LogP contribution in [0.15, 0.2) is 12.1 Å². The second kappa shape index (κ2) is 7.14. The third kappa shape index (κ3) is 4.13. The van der Waals surface area contributed by atoms with Crippen molar-refractivity contribution in [3.8, 4) is 0 Å². The zero-order chi connectivity index (χ0) is 15.3. The maximum absolute atomic E-state index is 11.2. The van der Waals surface area contributed by atoms with Gasteiger partial charge in [0.15, 0.2) is 0 Å². The molecule has 1 aromatic rings. The quantitative estimate of drug-likeness (QED) is 0.748. The minimum atomic E-state index is -0.975. The molecule has 0 heterocycles. The molecule has 1 aromatic carbocycles. The molecule has 0 unspecified atom stereocenters. The van der Waals surface area contributed by atoms with Crippen molar-refractivity contribution < 1.29 is 9.90 Å². The van der Waals surface area contributed by atoms with Crippen LogP contribution in [-0.2, 0) is 0 Å². The number of nitrogens with zero attached hydrogens (tertiary/aromatic N) is 2. The molecule has 20 heavy (non-hydrogen) atoms. The summed E-state index contributed by atoms with van der Waals surface area (Å²) in [6, 6.07) is 3.63. The standard InChI is InChI=1S/C15H25N3O2/c1-5-18(8-6-7-17(3)4)12-9-11(2)14(16)13(10-12)15(19)20/h9-10H,5-8,16H2,1-4H3,(H,19,20). The number of rotatable bonds is 7. The number of nitrogen functional groups attached to an aromatic ring is 1. The molecule has 0 aliphatic carbocycles. The number of anilines is 2. The van der Waals surface area contributed by atoms with Gasteiger partial charge in [-0.25, -0.2) is 4.79 Å². The number of nitrogens with two attached hydrogens (primary N) is 1. The van der Waals surface area contributed by atoms with Crippen molar-refractivity contribution in [3.63, 3.8) is 0 Å². The fourth-order valence-corrected chi connectivity index (χ4v) is 2.19. The molecule has 5 nitrogen and oxygen atoms in total. The molecule has 0 aromatic heterocycles. The SMILES string of the molecule is CCN(CCCN(C)C)c1cc(C)c(N)c(C(=O)O)c1. The molecule has 5 heteroatoms. The summed E-state index contributed by atoms with van der Waals surface area (Å²) in [6.07, 6.45) is 1.03. The number of benzene rings is 1. The van der Waals surface area contributed by atoms with Crippen LogP contribution in [0.2, 0.25) is 0 Å². The number of carboxylic acids is 1. The number of carbonyl (C=O) groups is 1. The first-order valence-corrected chi connectivity index (χ1v) is 6.89. The van der Waals surface area contributed by atoms with Crippen LogP contribution in [0.1, 0.15) is 29.3 Å². The van der Waals surface area contributed by atoms with Gasteiger partial charge in [0.2, 0.25) is 0 Å². The molecule has 0 bridgehead atoms. The van der Waals surface area contributed by atoms with Gasteiger partial charge in [0.25, 0.3) is 0 Å². The first-order chi connectivity index (χ1) is 9.36. The van der Waals surface area contributed by atoms with Crippen LogP contribution in [0, 0.1) is 6.92 Å². The van der Waals surface area contributed by atoms with Crippen molar-refractivity contribution in [3.05, 3.63) is 23.3 Å². The summed E-state index contributed by atoms with van der Waals surface area (Å²) in [5, 5.41) is 9.21. The first-order valence-electron chi connectivity index (χ1n) is 6.89. The monoisotopic (exact) mass is 279 g/mol. The van der Waals surface area contributed by atoms with E-state index < -0.39 is 5.97 Å². The lowest BCUT2D eigenvalue weighted by Gasteiger charge is -2.25. The van der Waals surface area contributed by atoms with Gasteiger partial charge in [0.05, 0.1) is 5.56 Å². The Balaban J connectivity index is 2.95. The van der Waals surface area contributed by atoms with Crippen molar-refractivity contribution in [2.75, 3.05) is 44.4 Å². The van der Waals surface area contributed by atoms with Gasteiger partial charge in [0, 0.05) is 24.5 Å². The molecule has 0 saturated heterocycles. The highest BCUT2D eigenvalue weighted by Gasteiger charge is 2.14. The van der Waals surface area contributed by atoms with Crippen molar-refractivity contribution in [2.24, 2.45) is 0 Å². The summed E-state index contributed by atoms with van der Waals surface area (Å²) < 4.78 is 0. The molecule has 112 valence electrons. The predicted octanol–water partition coefficient (Wildman–Crippen LogP) is 2.05. The zero-order valence-corrected chi connectivity index (χ0v) is 12.8. The number of aryl methyl sites for hydroxylation is 1. The molecule has 1 rings (SSSR count). The van der Waals surface area contributed by atoms with Gasteiger partial charge in [-0.15, -0.1) is 0 Å². The molecule has 0 amide bonds. The predicted molar refractivity (Wildman–Crippen MR) is 83.6 cm³/mol. The summed E-state index contributed by atoms with van der Waals surface area (Å²) >= 11 is 0. The van der Waals surface area contributed by atoms with Gasteiger partial charge in [-0.05, 0) is 58.6 Å². The van der Waals surface area contributed by atoms with Gasteiger partial charge in [-0.1, -0.05) is 0 Å². The Labute approximate surface area is 121 Å². The van der Waals surface area contributed by atoms with Gasteiger partial charge >= 0.3 is 5.97 Å². The van der Waals surface area contributed by atoms with Gasteiger partial charge in [-0.3, -0.25) is 0 Å². The maximum Gasteiger partial charge on any atom is 0.337 e. The van der Waals surface area contributed by atoms with E-state index in [1.165, 1.54) is 0 Å². The minimum Gasteiger partial charge on any atom is -0.478 e. The van der Waals surface area contributed by atoms with E-state index in [0.29, 0.717) is 5.69 Å². The first kappa shape index (κ1) is 16.3. The van der Waals surface area contributed by atoms with Crippen molar-refractivity contribution in [1.82, 2.24) is 4.90 Å². The fourth-order valence-electron chi connectivity index (χ4n) is 2.19. The van der Waals surface area contributed by atoms with E-state index in [-0.39, 0.29) is 5.56 Å². The van der Waals surface area contributed by atoms with E-state index in [1.54, 1.807) is 6.07 Å². The highest BCUT2D eigenvalue weighted by Crippen LogP contribution is 2.25. The smallest absolute Gasteiger partial charge is 0.337 e. The van der Waals surface area contributed by atoms with Crippen LogP contribution in [0.25, 0.3) is 0 Å². The molecular weight excluding hydrogens is 254 g/mol. The van der Waals surface area contributed by atoms with Crippen LogP contribution < -0.4 is 10.6 Å². The minimum absolute atomic E-state index is 0.186. The lowest BCUT2D eigenvalue weighted by atomic mass is 10.1. The van der Waals surface area contributed by atoms with E-state index in [4.69, 9.17) is 5.73 Å². The molecule has 0 aliphatic rings. The fraction of sp³-hybridized carbons (Fsp3) is 0.533. The van der Waals surface area contributed by atoms with E-state index in [1.807, 2.05) is 27.1 Å². The summed E-state index contributed by atoms with van der Waals surface area (Å²) in [6.45, 7) is 6.67. The van der Waals surface area contributed by atoms with Crippen molar-refractivity contribution >= 4 is 17.3 Å².